The van der Waals surface area contributed by atoms with Gasteiger partial charge in [0.25, 0.3) is 5.91 Å². The van der Waals surface area contributed by atoms with Crippen molar-refractivity contribution < 1.29 is 14.3 Å². The molecule has 23 heavy (non-hydrogen) atoms. The molecule has 0 aliphatic rings. The van der Waals surface area contributed by atoms with Gasteiger partial charge in [-0.3, -0.25) is 9.59 Å². The van der Waals surface area contributed by atoms with Gasteiger partial charge >= 0.3 is 0 Å². The Hall–Kier alpha value is -2.34. The number of amides is 2. The minimum Gasteiger partial charge on any atom is -0.496 e. The maximum atomic E-state index is 12.0. The van der Waals surface area contributed by atoms with Crippen LogP contribution in [0.15, 0.2) is 41.8 Å². The van der Waals surface area contributed by atoms with Crippen LogP contribution in [0.25, 0.3) is 0 Å². The van der Waals surface area contributed by atoms with E-state index < -0.39 is 6.04 Å². The van der Waals surface area contributed by atoms with E-state index in [9.17, 15) is 9.59 Å². The number of nitrogens with one attached hydrogen (secondary N) is 2. The molecule has 1 heterocycles. The van der Waals surface area contributed by atoms with Gasteiger partial charge in [-0.15, -0.1) is 11.3 Å². The molecule has 1 unspecified atom stereocenters. The fourth-order valence-electron chi connectivity index (χ4n) is 2.12. The third kappa shape index (κ3) is 4.82. The Kier molecular flexibility index (Phi) is 6.17. The number of hydrogen-bond donors (Lipinski definition) is 2. The van der Waals surface area contributed by atoms with Crippen LogP contribution in [0.5, 0.6) is 5.75 Å². The van der Waals surface area contributed by atoms with Crippen molar-refractivity contribution in [3.8, 4) is 5.75 Å². The topological polar surface area (TPSA) is 67.4 Å². The summed E-state index contributed by atoms with van der Waals surface area (Å²) >= 11 is 1.35. The smallest absolute Gasteiger partial charge is 0.261 e. The minimum atomic E-state index is -0.581. The predicted octanol–water partition coefficient (Wildman–Crippen LogP) is 2.23. The Morgan fingerprint density at radius 3 is 2.70 bits per heavy atom. The molecule has 2 aromatic rings. The Morgan fingerprint density at radius 1 is 1.22 bits per heavy atom. The van der Waals surface area contributed by atoms with E-state index in [0.717, 1.165) is 11.3 Å². The molecule has 2 N–H and O–H groups in total. The lowest BCUT2D eigenvalue weighted by Gasteiger charge is -2.14. The number of hydrogen-bond acceptors (Lipinski definition) is 4. The molecule has 0 fully saturated rings. The predicted molar refractivity (Wildman–Crippen MR) is 91.0 cm³/mol. The van der Waals surface area contributed by atoms with E-state index in [1.165, 1.54) is 11.3 Å². The van der Waals surface area contributed by atoms with Gasteiger partial charge in [0.05, 0.1) is 12.0 Å². The molecule has 0 aliphatic carbocycles. The van der Waals surface area contributed by atoms with E-state index in [4.69, 9.17) is 4.74 Å². The van der Waals surface area contributed by atoms with Gasteiger partial charge in [-0.2, -0.15) is 0 Å². The van der Waals surface area contributed by atoms with Gasteiger partial charge in [0.2, 0.25) is 5.91 Å². The van der Waals surface area contributed by atoms with Crippen molar-refractivity contribution >= 4 is 23.2 Å². The third-order valence-electron chi connectivity index (χ3n) is 3.37. The number of para-hydroxylation sites is 1. The van der Waals surface area contributed by atoms with Gasteiger partial charge < -0.3 is 15.4 Å². The molecule has 5 nitrogen and oxygen atoms in total. The quantitative estimate of drug-likeness (QED) is 0.817. The van der Waals surface area contributed by atoms with E-state index >= 15 is 0 Å². The van der Waals surface area contributed by atoms with Crippen molar-refractivity contribution in [2.45, 2.75) is 19.4 Å². The molecule has 1 atom stereocenters. The molecular formula is C17H20N2O3S. The summed E-state index contributed by atoms with van der Waals surface area (Å²) < 4.78 is 5.28. The van der Waals surface area contributed by atoms with Crippen molar-refractivity contribution in [2.24, 2.45) is 0 Å². The molecule has 2 rings (SSSR count). The molecule has 2 amide bonds. The number of methoxy groups -OCH3 is 1. The van der Waals surface area contributed by atoms with Gasteiger partial charge in [0, 0.05) is 6.54 Å². The van der Waals surface area contributed by atoms with Crippen molar-refractivity contribution in [3.63, 3.8) is 0 Å². The van der Waals surface area contributed by atoms with Gasteiger partial charge in [-0.05, 0) is 36.4 Å². The largest absolute Gasteiger partial charge is 0.496 e. The van der Waals surface area contributed by atoms with E-state index in [1.807, 2.05) is 29.6 Å². The second-order valence-corrected chi connectivity index (χ2v) is 5.97. The highest BCUT2D eigenvalue weighted by Crippen LogP contribution is 2.17. The van der Waals surface area contributed by atoms with E-state index in [-0.39, 0.29) is 11.8 Å². The number of rotatable bonds is 7. The van der Waals surface area contributed by atoms with Crippen LogP contribution in [0, 0.1) is 0 Å². The van der Waals surface area contributed by atoms with Gasteiger partial charge in [0.15, 0.2) is 0 Å². The molecule has 0 saturated carbocycles. The molecule has 0 radical (unpaired) electrons. The summed E-state index contributed by atoms with van der Waals surface area (Å²) in [6, 6.07) is 10.6. The van der Waals surface area contributed by atoms with Crippen LogP contribution in [-0.2, 0) is 11.2 Å². The first-order valence-electron chi connectivity index (χ1n) is 7.35. The fourth-order valence-corrected chi connectivity index (χ4v) is 2.75. The minimum absolute atomic E-state index is 0.204. The highest BCUT2D eigenvalue weighted by molar-refractivity contribution is 7.12. The van der Waals surface area contributed by atoms with Crippen LogP contribution in [-0.4, -0.2) is 31.5 Å². The Balaban J connectivity index is 1.79. The van der Waals surface area contributed by atoms with Crippen LogP contribution in [0.1, 0.15) is 22.2 Å². The highest BCUT2D eigenvalue weighted by atomic mass is 32.1. The fraction of sp³-hybridized carbons (Fsp3) is 0.294. The van der Waals surface area contributed by atoms with Crippen LogP contribution >= 0.6 is 11.3 Å². The first-order chi connectivity index (χ1) is 11.1. The summed E-state index contributed by atoms with van der Waals surface area (Å²) in [5, 5.41) is 7.34. The molecule has 1 aromatic heterocycles. The van der Waals surface area contributed by atoms with Gasteiger partial charge in [-0.25, -0.2) is 0 Å². The average molecular weight is 332 g/mol. The third-order valence-corrected chi connectivity index (χ3v) is 4.24. The van der Waals surface area contributed by atoms with E-state index in [0.29, 0.717) is 17.8 Å². The normalized spacial score (nSPS) is 11.6. The zero-order valence-corrected chi connectivity index (χ0v) is 14.0. The second-order valence-electron chi connectivity index (χ2n) is 5.03. The number of ether oxygens (including phenoxy) is 1. The lowest BCUT2D eigenvalue weighted by atomic mass is 10.1. The first kappa shape index (κ1) is 17.0. The van der Waals surface area contributed by atoms with Crippen LogP contribution in [0.3, 0.4) is 0 Å². The number of carbonyl (C=O) groups excluding carboxylic acids is 2. The zero-order valence-electron chi connectivity index (χ0n) is 13.2. The van der Waals surface area contributed by atoms with Crippen LogP contribution < -0.4 is 15.4 Å². The molecule has 0 spiro atoms. The summed E-state index contributed by atoms with van der Waals surface area (Å²) in [5.74, 6) is 0.373. The molecule has 122 valence electrons. The summed E-state index contributed by atoms with van der Waals surface area (Å²) in [5.41, 5.74) is 1.03. The average Bonchev–Trinajstić information content (AvgIpc) is 3.09. The Bertz CT molecular complexity index is 656. The first-order valence-corrected chi connectivity index (χ1v) is 8.23. The Morgan fingerprint density at radius 2 is 2.00 bits per heavy atom. The summed E-state index contributed by atoms with van der Waals surface area (Å²) in [4.78, 5) is 24.5. The highest BCUT2D eigenvalue weighted by Gasteiger charge is 2.16. The van der Waals surface area contributed by atoms with Crippen molar-refractivity contribution in [1.29, 1.82) is 0 Å². The van der Waals surface area contributed by atoms with Gasteiger partial charge in [0.1, 0.15) is 11.8 Å². The standard InChI is InChI=1S/C17H20N2O3S/c1-12(19-17(21)15-8-5-11-23-15)16(20)18-10-9-13-6-3-4-7-14(13)22-2/h3-8,11-12H,9-10H2,1-2H3,(H,18,20)(H,19,21). The molecule has 0 saturated heterocycles. The summed E-state index contributed by atoms with van der Waals surface area (Å²) in [7, 11) is 1.62. The molecular weight excluding hydrogens is 312 g/mol. The maximum absolute atomic E-state index is 12.0. The lowest BCUT2D eigenvalue weighted by Crippen LogP contribution is -2.45. The summed E-state index contributed by atoms with van der Waals surface area (Å²) in [6.45, 7) is 2.16. The van der Waals surface area contributed by atoms with Crippen LogP contribution in [0.4, 0.5) is 0 Å². The molecule has 1 aromatic carbocycles. The van der Waals surface area contributed by atoms with Crippen LogP contribution in [0.2, 0.25) is 0 Å². The second kappa shape index (κ2) is 8.33. The van der Waals surface area contributed by atoms with Crippen molar-refractivity contribution in [2.75, 3.05) is 13.7 Å². The van der Waals surface area contributed by atoms with E-state index in [1.54, 1.807) is 26.2 Å². The molecule has 0 bridgehead atoms. The number of carbonyl (C=O) groups is 2. The molecule has 0 aliphatic heterocycles. The zero-order chi connectivity index (χ0) is 16.7. The SMILES string of the molecule is COc1ccccc1CCNC(=O)C(C)NC(=O)c1cccs1. The number of thiophene rings is 1. The number of benzene rings is 1. The molecule has 6 heteroatoms. The summed E-state index contributed by atoms with van der Waals surface area (Å²) in [6.07, 6.45) is 0.668. The van der Waals surface area contributed by atoms with E-state index in [2.05, 4.69) is 10.6 Å². The lowest BCUT2D eigenvalue weighted by molar-refractivity contribution is -0.122. The Labute approximate surface area is 139 Å². The van der Waals surface area contributed by atoms with Crippen molar-refractivity contribution in [3.05, 3.63) is 52.2 Å². The van der Waals surface area contributed by atoms with Crippen molar-refractivity contribution in [1.82, 2.24) is 10.6 Å². The maximum Gasteiger partial charge on any atom is 0.261 e. The van der Waals surface area contributed by atoms with Gasteiger partial charge in [-0.1, -0.05) is 24.3 Å². The monoisotopic (exact) mass is 332 g/mol.